The van der Waals surface area contributed by atoms with E-state index in [1.54, 1.807) is 30.5 Å². The lowest BCUT2D eigenvalue weighted by molar-refractivity contribution is -0.129. The Balaban J connectivity index is 1.51. The second kappa shape index (κ2) is 11.6. The van der Waals surface area contributed by atoms with Crippen molar-refractivity contribution in [1.82, 2.24) is 15.6 Å². The number of halogens is 1. The highest BCUT2D eigenvalue weighted by molar-refractivity contribution is 5.88. The fraction of sp³-hybridized carbons (Fsp3) is 0.240. The van der Waals surface area contributed by atoms with Crippen LogP contribution in [0, 0.1) is 5.82 Å². The van der Waals surface area contributed by atoms with Crippen molar-refractivity contribution in [2.45, 2.75) is 38.8 Å². The van der Waals surface area contributed by atoms with Gasteiger partial charge in [-0.2, -0.15) is 0 Å². The number of carbonyl (C=O) groups excluding carboxylic acids is 2. The highest BCUT2D eigenvalue weighted by atomic mass is 19.1. The Labute approximate surface area is 186 Å². The average Bonchev–Trinajstić information content (AvgIpc) is 2.79. The summed E-state index contributed by atoms with van der Waals surface area (Å²) in [4.78, 5) is 29.2. The fourth-order valence-corrected chi connectivity index (χ4v) is 3.12. The number of carbonyl (C=O) groups is 2. The third-order valence-electron chi connectivity index (χ3n) is 4.72. The van der Waals surface area contributed by atoms with Gasteiger partial charge >= 0.3 is 0 Å². The van der Waals surface area contributed by atoms with E-state index in [0.717, 1.165) is 17.5 Å². The molecule has 0 aliphatic rings. The summed E-state index contributed by atoms with van der Waals surface area (Å²) in [6, 6.07) is 18.0. The van der Waals surface area contributed by atoms with Crippen LogP contribution in [-0.4, -0.2) is 22.8 Å². The van der Waals surface area contributed by atoms with Crippen molar-refractivity contribution in [1.29, 1.82) is 0 Å². The predicted octanol–water partition coefficient (Wildman–Crippen LogP) is 4.16. The number of amides is 2. The molecule has 2 amide bonds. The van der Waals surface area contributed by atoms with Crippen LogP contribution in [0.15, 0.2) is 72.9 Å². The number of ether oxygens (including phenoxy) is 1. The van der Waals surface area contributed by atoms with Gasteiger partial charge in [0.05, 0.1) is 6.42 Å². The SMILES string of the molecule is CCCC(NC(=O)Cc1ccccc1)C(=O)NCc1ccc(Oc2cccc(F)c2)nc1. The summed E-state index contributed by atoms with van der Waals surface area (Å²) in [5.41, 5.74) is 1.67. The Hall–Kier alpha value is -3.74. The molecule has 0 fully saturated rings. The Kier molecular flexibility index (Phi) is 8.31. The minimum Gasteiger partial charge on any atom is -0.439 e. The van der Waals surface area contributed by atoms with Gasteiger partial charge in [-0.15, -0.1) is 0 Å². The monoisotopic (exact) mass is 435 g/mol. The molecule has 0 radical (unpaired) electrons. The second-order valence-corrected chi connectivity index (χ2v) is 7.35. The van der Waals surface area contributed by atoms with Crippen molar-refractivity contribution in [2.75, 3.05) is 0 Å². The van der Waals surface area contributed by atoms with Crippen molar-refractivity contribution in [3.05, 3.63) is 89.9 Å². The minimum atomic E-state index is -0.597. The molecule has 3 aromatic rings. The van der Waals surface area contributed by atoms with Crippen LogP contribution in [0.2, 0.25) is 0 Å². The van der Waals surface area contributed by atoms with Gasteiger partial charge in [-0.1, -0.05) is 55.8 Å². The molecule has 0 aliphatic heterocycles. The van der Waals surface area contributed by atoms with Crippen molar-refractivity contribution in [3.8, 4) is 11.6 Å². The first-order chi connectivity index (χ1) is 15.5. The lowest BCUT2D eigenvalue weighted by Crippen LogP contribution is -2.46. The number of rotatable bonds is 10. The summed E-state index contributed by atoms with van der Waals surface area (Å²) >= 11 is 0. The number of aromatic nitrogens is 1. The zero-order chi connectivity index (χ0) is 22.8. The van der Waals surface area contributed by atoms with Crippen LogP contribution in [0.4, 0.5) is 4.39 Å². The Morgan fingerprint density at radius 2 is 1.84 bits per heavy atom. The van der Waals surface area contributed by atoms with Gasteiger partial charge in [0.2, 0.25) is 17.7 Å². The highest BCUT2D eigenvalue weighted by Crippen LogP contribution is 2.20. The first kappa shape index (κ1) is 22.9. The summed E-state index contributed by atoms with van der Waals surface area (Å²) in [6.45, 7) is 2.23. The molecule has 166 valence electrons. The van der Waals surface area contributed by atoms with Crippen molar-refractivity contribution >= 4 is 11.8 Å². The number of hydrogen-bond acceptors (Lipinski definition) is 4. The molecule has 2 aromatic carbocycles. The fourth-order valence-electron chi connectivity index (χ4n) is 3.12. The molecular weight excluding hydrogens is 409 g/mol. The summed E-state index contributed by atoms with van der Waals surface area (Å²) in [5, 5.41) is 5.67. The molecule has 0 bridgehead atoms. The molecule has 3 rings (SSSR count). The highest BCUT2D eigenvalue weighted by Gasteiger charge is 2.19. The third kappa shape index (κ3) is 7.19. The van der Waals surface area contributed by atoms with Gasteiger partial charge in [-0.25, -0.2) is 9.37 Å². The molecule has 0 spiro atoms. The molecular formula is C25H26FN3O3. The molecule has 1 heterocycles. The lowest BCUT2D eigenvalue weighted by atomic mass is 10.1. The predicted molar refractivity (Wildman–Crippen MR) is 120 cm³/mol. The number of benzene rings is 2. The molecule has 0 aliphatic carbocycles. The van der Waals surface area contributed by atoms with Crippen LogP contribution in [0.5, 0.6) is 11.6 Å². The number of nitrogens with one attached hydrogen (secondary N) is 2. The molecule has 7 heteroatoms. The van der Waals surface area contributed by atoms with Crippen LogP contribution >= 0.6 is 0 Å². The maximum absolute atomic E-state index is 13.3. The summed E-state index contributed by atoms with van der Waals surface area (Å²) in [7, 11) is 0. The topological polar surface area (TPSA) is 80.3 Å². The van der Waals surface area contributed by atoms with Crippen LogP contribution in [0.1, 0.15) is 30.9 Å². The Morgan fingerprint density at radius 1 is 1.03 bits per heavy atom. The standard InChI is InChI=1S/C25H26FN3O3/c1-2-7-22(29-23(30)14-18-8-4-3-5-9-18)25(31)28-17-19-12-13-24(27-16-19)32-21-11-6-10-20(26)15-21/h3-6,8-13,15-16,22H,2,7,14,17H2,1H3,(H,28,31)(H,29,30). The van der Waals surface area contributed by atoms with Gasteiger partial charge in [0.25, 0.3) is 0 Å². The molecule has 1 unspecified atom stereocenters. The van der Waals surface area contributed by atoms with E-state index in [9.17, 15) is 14.0 Å². The van der Waals surface area contributed by atoms with E-state index in [2.05, 4.69) is 15.6 Å². The molecule has 2 N–H and O–H groups in total. The van der Waals surface area contributed by atoms with Gasteiger partial charge in [-0.05, 0) is 29.7 Å². The molecule has 1 aromatic heterocycles. The van der Waals surface area contributed by atoms with Crippen LogP contribution < -0.4 is 15.4 Å². The van der Waals surface area contributed by atoms with E-state index >= 15 is 0 Å². The van der Waals surface area contributed by atoms with Gasteiger partial charge in [-0.3, -0.25) is 9.59 Å². The first-order valence-corrected chi connectivity index (χ1v) is 10.5. The number of nitrogens with zero attached hydrogens (tertiary/aromatic N) is 1. The maximum Gasteiger partial charge on any atom is 0.242 e. The quantitative estimate of drug-likeness (QED) is 0.501. The lowest BCUT2D eigenvalue weighted by Gasteiger charge is -2.18. The van der Waals surface area contributed by atoms with E-state index in [0.29, 0.717) is 18.1 Å². The normalized spacial score (nSPS) is 11.4. The minimum absolute atomic E-state index is 0.190. The van der Waals surface area contributed by atoms with Crippen LogP contribution in [0.25, 0.3) is 0 Å². The molecule has 1 atom stereocenters. The van der Waals surface area contributed by atoms with Crippen LogP contribution in [0.3, 0.4) is 0 Å². The number of pyridine rings is 1. The van der Waals surface area contributed by atoms with Crippen molar-refractivity contribution in [3.63, 3.8) is 0 Å². The van der Waals surface area contributed by atoms with Gasteiger partial charge in [0.15, 0.2) is 0 Å². The van der Waals surface area contributed by atoms with Crippen molar-refractivity contribution < 1.29 is 18.7 Å². The smallest absolute Gasteiger partial charge is 0.242 e. The summed E-state index contributed by atoms with van der Waals surface area (Å²) in [5.74, 6) is -0.145. The van der Waals surface area contributed by atoms with Gasteiger partial charge in [0, 0.05) is 24.9 Å². The van der Waals surface area contributed by atoms with Crippen LogP contribution in [-0.2, 0) is 22.6 Å². The molecule has 0 saturated carbocycles. The van der Waals surface area contributed by atoms with E-state index < -0.39 is 6.04 Å². The second-order valence-electron chi connectivity index (χ2n) is 7.35. The first-order valence-electron chi connectivity index (χ1n) is 10.5. The van der Waals surface area contributed by atoms with E-state index in [4.69, 9.17) is 4.74 Å². The average molecular weight is 435 g/mol. The Morgan fingerprint density at radius 3 is 2.53 bits per heavy atom. The molecule has 6 nitrogen and oxygen atoms in total. The number of hydrogen-bond donors (Lipinski definition) is 2. The van der Waals surface area contributed by atoms with E-state index in [-0.39, 0.29) is 30.6 Å². The summed E-state index contributed by atoms with van der Waals surface area (Å²) in [6.07, 6.45) is 3.12. The van der Waals surface area contributed by atoms with Gasteiger partial charge < -0.3 is 15.4 Å². The zero-order valence-electron chi connectivity index (χ0n) is 17.9. The third-order valence-corrected chi connectivity index (χ3v) is 4.72. The molecule has 32 heavy (non-hydrogen) atoms. The maximum atomic E-state index is 13.3. The molecule has 0 saturated heterocycles. The van der Waals surface area contributed by atoms with Crippen molar-refractivity contribution in [2.24, 2.45) is 0 Å². The summed E-state index contributed by atoms with van der Waals surface area (Å²) < 4.78 is 18.8. The van der Waals surface area contributed by atoms with Gasteiger partial charge in [0.1, 0.15) is 17.6 Å². The largest absolute Gasteiger partial charge is 0.439 e. The Bertz CT molecular complexity index is 1030. The van der Waals surface area contributed by atoms with E-state index in [1.165, 1.54) is 12.1 Å². The zero-order valence-corrected chi connectivity index (χ0v) is 17.9. The van der Waals surface area contributed by atoms with E-state index in [1.807, 2.05) is 37.3 Å².